The van der Waals surface area contributed by atoms with E-state index in [4.69, 9.17) is 0 Å². The lowest BCUT2D eigenvalue weighted by Crippen LogP contribution is -2.06. The summed E-state index contributed by atoms with van der Waals surface area (Å²) < 4.78 is 60.0. The van der Waals surface area contributed by atoms with E-state index in [1.54, 1.807) is 0 Å². The Hall–Kier alpha value is -0.350. The molecule has 0 aliphatic carbocycles. The zero-order valence-electron chi connectivity index (χ0n) is 18.5. The average Bonchev–Trinajstić information content (AvgIpc) is 2.64. The standard InChI is InChI=1S/C24H45F5/c25-23(26)21-19-17-15-13-11-9-7-5-3-1-2-4-6-8-10-12-14-16-18-20-22-24(27,28)29/h23H,1-22H2. The Morgan fingerprint density at radius 1 is 0.379 bits per heavy atom. The smallest absolute Gasteiger partial charge is 0.211 e. The second kappa shape index (κ2) is 20.9. The van der Waals surface area contributed by atoms with E-state index in [1.165, 1.54) is 77.0 Å². The molecule has 0 bridgehead atoms. The summed E-state index contributed by atoms with van der Waals surface area (Å²) in [4.78, 5) is 0. The fraction of sp³-hybridized carbons (Fsp3) is 1.00. The van der Waals surface area contributed by atoms with Gasteiger partial charge in [0.2, 0.25) is 6.43 Å². The molecule has 0 rings (SSSR count). The molecule has 0 aromatic heterocycles. The van der Waals surface area contributed by atoms with Gasteiger partial charge in [-0.2, -0.15) is 13.2 Å². The van der Waals surface area contributed by atoms with Crippen molar-refractivity contribution in [1.29, 1.82) is 0 Å². The molecular formula is C24H45F5. The number of halogens is 5. The van der Waals surface area contributed by atoms with Crippen molar-refractivity contribution >= 4 is 0 Å². The Kier molecular flexibility index (Phi) is 20.7. The number of alkyl halides is 5. The largest absolute Gasteiger partial charge is 0.389 e. The topological polar surface area (TPSA) is 0 Å². The van der Waals surface area contributed by atoms with Crippen LogP contribution in [0.2, 0.25) is 0 Å². The summed E-state index contributed by atoms with van der Waals surface area (Å²) in [5.41, 5.74) is 0. The molecule has 0 radical (unpaired) electrons. The molecule has 29 heavy (non-hydrogen) atoms. The van der Waals surface area contributed by atoms with Crippen LogP contribution in [0.5, 0.6) is 0 Å². The highest BCUT2D eigenvalue weighted by molar-refractivity contribution is 4.53. The summed E-state index contributed by atoms with van der Waals surface area (Å²) in [5.74, 6) is 0. The van der Waals surface area contributed by atoms with Crippen LogP contribution in [0.25, 0.3) is 0 Å². The lowest BCUT2D eigenvalue weighted by Gasteiger charge is -2.06. The van der Waals surface area contributed by atoms with Gasteiger partial charge >= 0.3 is 6.18 Å². The second-order valence-electron chi connectivity index (χ2n) is 8.62. The van der Waals surface area contributed by atoms with Gasteiger partial charge in [-0.3, -0.25) is 0 Å². The number of hydrogen-bond donors (Lipinski definition) is 0. The van der Waals surface area contributed by atoms with Gasteiger partial charge < -0.3 is 0 Å². The molecule has 0 fully saturated rings. The van der Waals surface area contributed by atoms with Crippen molar-refractivity contribution in [3.05, 3.63) is 0 Å². The van der Waals surface area contributed by atoms with E-state index < -0.39 is 19.0 Å². The van der Waals surface area contributed by atoms with Gasteiger partial charge in [0.1, 0.15) is 0 Å². The number of rotatable bonds is 22. The Bertz CT molecular complexity index is 315. The van der Waals surface area contributed by atoms with Gasteiger partial charge in [-0.15, -0.1) is 0 Å². The van der Waals surface area contributed by atoms with Crippen molar-refractivity contribution in [2.75, 3.05) is 0 Å². The van der Waals surface area contributed by atoms with Crippen molar-refractivity contribution in [2.45, 2.75) is 154 Å². The Balaban J connectivity index is 3.03. The van der Waals surface area contributed by atoms with Crippen LogP contribution in [0.3, 0.4) is 0 Å². The molecule has 0 saturated heterocycles. The van der Waals surface area contributed by atoms with Gasteiger partial charge in [0.25, 0.3) is 0 Å². The van der Waals surface area contributed by atoms with Crippen LogP contribution >= 0.6 is 0 Å². The molecule has 0 spiro atoms. The van der Waals surface area contributed by atoms with Gasteiger partial charge in [0.15, 0.2) is 0 Å². The first-order valence-electron chi connectivity index (χ1n) is 12.3. The highest BCUT2D eigenvalue weighted by Crippen LogP contribution is 2.23. The predicted molar refractivity (Wildman–Crippen MR) is 114 cm³/mol. The molecule has 0 N–H and O–H groups in total. The molecule has 0 aromatic rings. The van der Waals surface area contributed by atoms with Gasteiger partial charge in [0.05, 0.1) is 0 Å². The summed E-state index contributed by atoms with van der Waals surface area (Å²) >= 11 is 0. The maximum atomic E-state index is 12.0. The molecule has 0 unspecified atom stereocenters. The van der Waals surface area contributed by atoms with Gasteiger partial charge in [-0.25, -0.2) is 8.78 Å². The summed E-state index contributed by atoms with van der Waals surface area (Å²) in [7, 11) is 0. The predicted octanol–water partition coefficient (Wildman–Crippen LogP) is 10.4. The van der Waals surface area contributed by atoms with E-state index in [0.717, 1.165) is 32.1 Å². The van der Waals surface area contributed by atoms with Crippen molar-refractivity contribution in [2.24, 2.45) is 0 Å². The van der Waals surface area contributed by atoms with Crippen LogP contribution in [0.1, 0.15) is 141 Å². The maximum absolute atomic E-state index is 12.0. The highest BCUT2D eigenvalue weighted by atomic mass is 19.4. The maximum Gasteiger partial charge on any atom is 0.389 e. The minimum absolute atomic E-state index is 0.0638. The minimum atomic E-state index is -3.98. The molecule has 0 aromatic carbocycles. The number of unbranched alkanes of at least 4 members (excludes halogenated alkanes) is 19. The zero-order valence-corrected chi connectivity index (χ0v) is 18.5. The van der Waals surface area contributed by atoms with Crippen LogP contribution in [-0.2, 0) is 0 Å². The third kappa shape index (κ3) is 27.7. The quantitative estimate of drug-likeness (QED) is 0.119. The van der Waals surface area contributed by atoms with Crippen LogP contribution in [0, 0.1) is 0 Å². The fourth-order valence-electron chi connectivity index (χ4n) is 3.81. The molecule has 5 heteroatoms. The van der Waals surface area contributed by atoms with Crippen LogP contribution in [0.15, 0.2) is 0 Å². The van der Waals surface area contributed by atoms with Gasteiger partial charge in [-0.05, 0) is 12.8 Å². The van der Waals surface area contributed by atoms with Crippen molar-refractivity contribution in [1.82, 2.24) is 0 Å². The third-order valence-corrected chi connectivity index (χ3v) is 5.63. The van der Waals surface area contributed by atoms with Crippen molar-refractivity contribution < 1.29 is 22.0 Å². The monoisotopic (exact) mass is 428 g/mol. The lowest BCUT2D eigenvalue weighted by molar-refractivity contribution is -0.135. The van der Waals surface area contributed by atoms with Gasteiger partial charge in [0, 0.05) is 12.8 Å². The second-order valence-corrected chi connectivity index (χ2v) is 8.62. The molecule has 0 heterocycles. The van der Waals surface area contributed by atoms with Crippen molar-refractivity contribution in [3.8, 4) is 0 Å². The normalized spacial score (nSPS) is 12.2. The van der Waals surface area contributed by atoms with E-state index in [2.05, 4.69) is 0 Å². The molecule has 0 nitrogen and oxygen atoms in total. The lowest BCUT2D eigenvalue weighted by atomic mass is 10.0. The molecule has 176 valence electrons. The third-order valence-electron chi connectivity index (χ3n) is 5.63. The molecule has 0 saturated carbocycles. The van der Waals surface area contributed by atoms with E-state index in [9.17, 15) is 22.0 Å². The van der Waals surface area contributed by atoms with Crippen molar-refractivity contribution in [3.63, 3.8) is 0 Å². The molecule has 0 atom stereocenters. The minimum Gasteiger partial charge on any atom is -0.211 e. The zero-order chi connectivity index (χ0) is 21.6. The fourth-order valence-corrected chi connectivity index (χ4v) is 3.81. The SMILES string of the molecule is FC(F)CCCCCCCCCCCCCCCCCCCCCCC(F)(F)F. The molecule has 0 amide bonds. The van der Waals surface area contributed by atoms with Crippen LogP contribution in [0.4, 0.5) is 22.0 Å². The summed E-state index contributed by atoms with van der Waals surface area (Å²) in [5, 5.41) is 0. The molecule has 0 aliphatic heterocycles. The van der Waals surface area contributed by atoms with Crippen LogP contribution < -0.4 is 0 Å². The Labute approximate surface area is 176 Å². The Morgan fingerprint density at radius 2 is 0.621 bits per heavy atom. The van der Waals surface area contributed by atoms with Crippen LogP contribution in [-0.4, -0.2) is 12.6 Å². The molecule has 0 aliphatic rings. The number of hydrogen-bond acceptors (Lipinski definition) is 0. The summed E-state index contributed by atoms with van der Waals surface area (Å²) in [6.07, 6.45) is 15.6. The van der Waals surface area contributed by atoms with E-state index >= 15 is 0 Å². The van der Waals surface area contributed by atoms with Gasteiger partial charge in [-0.1, -0.05) is 116 Å². The van der Waals surface area contributed by atoms with E-state index in [-0.39, 0.29) is 12.8 Å². The van der Waals surface area contributed by atoms with E-state index in [0.29, 0.717) is 12.8 Å². The van der Waals surface area contributed by atoms with E-state index in [1.807, 2.05) is 0 Å². The first-order chi connectivity index (χ1) is 13.9. The Morgan fingerprint density at radius 3 is 0.862 bits per heavy atom. The summed E-state index contributed by atoms with van der Waals surface area (Å²) in [6, 6.07) is 0. The first kappa shape index (κ1) is 28.6. The highest BCUT2D eigenvalue weighted by Gasteiger charge is 2.25. The summed E-state index contributed by atoms with van der Waals surface area (Å²) in [6.45, 7) is 0. The average molecular weight is 429 g/mol. The first-order valence-corrected chi connectivity index (χ1v) is 12.3. The molecular weight excluding hydrogens is 383 g/mol.